The summed E-state index contributed by atoms with van der Waals surface area (Å²) >= 11 is 3.38. The number of hydrogen-bond donors (Lipinski definition) is 2. The van der Waals surface area contributed by atoms with Crippen LogP contribution >= 0.6 is 15.9 Å². The minimum atomic E-state index is -0.535. The largest absolute Gasteiger partial charge is 0.444 e. The van der Waals surface area contributed by atoms with E-state index in [4.69, 9.17) is 4.74 Å². The number of benzene rings is 1. The minimum Gasteiger partial charge on any atom is -0.444 e. The molecule has 0 aliphatic heterocycles. The molecule has 6 heteroatoms. The lowest BCUT2D eigenvalue weighted by Gasteiger charge is -2.31. The highest BCUT2D eigenvalue weighted by Crippen LogP contribution is 2.29. The van der Waals surface area contributed by atoms with Crippen molar-refractivity contribution in [3.63, 3.8) is 0 Å². The zero-order chi connectivity index (χ0) is 17.8. The highest BCUT2D eigenvalue weighted by atomic mass is 79.9. The van der Waals surface area contributed by atoms with Crippen LogP contribution in [0, 0.1) is 0 Å². The van der Waals surface area contributed by atoms with Crippen LogP contribution in [-0.4, -0.2) is 29.7 Å². The van der Waals surface area contributed by atoms with Crippen LogP contribution in [0.15, 0.2) is 28.7 Å². The van der Waals surface area contributed by atoms with E-state index in [0.717, 1.165) is 30.2 Å². The Morgan fingerprint density at radius 3 is 2.50 bits per heavy atom. The van der Waals surface area contributed by atoms with Gasteiger partial charge in [0.05, 0.1) is 5.54 Å². The van der Waals surface area contributed by atoms with Gasteiger partial charge in [0.15, 0.2) is 0 Å². The standard InChI is InChI=1S/C18H25BrN2O3/c1-17(2,3)24-16(23)20-12-18(9-4-5-10-18)21-15(22)13-7-6-8-14(19)11-13/h6-8,11H,4-5,9-10,12H2,1-3H3,(H,20,23)(H,21,22). The van der Waals surface area contributed by atoms with Crippen LogP contribution in [0.1, 0.15) is 56.8 Å². The van der Waals surface area contributed by atoms with Gasteiger partial charge in [-0.2, -0.15) is 0 Å². The van der Waals surface area contributed by atoms with Gasteiger partial charge in [-0.3, -0.25) is 4.79 Å². The van der Waals surface area contributed by atoms with Gasteiger partial charge in [0, 0.05) is 16.6 Å². The average molecular weight is 397 g/mol. The molecule has 0 spiro atoms. The first-order valence-corrected chi connectivity index (χ1v) is 9.03. The first-order chi connectivity index (χ1) is 11.2. The third-order valence-corrected chi connectivity index (χ3v) is 4.49. The Morgan fingerprint density at radius 2 is 1.92 bits per heavy atom. The quantitative estimate of drug-likeness (QED) is 0.807. The molecule has 132 valence electrons. The van der Waals surface area contributed by atoms with Gasteiger partial charge in [-0.25, -0.2) is 4.79 Å². The molecule has 1 aromatic rings. The van der Waals surface area contributed by atoms with Crippen molar-refractivity contribution in [2.75, 3.05) is 6.54 Å². The van der Waals surface area contributed by atoms with Crippen LogP contribution in [0.2, 0.25) is 0 Å². The van der Waals surface area contributed by atoms with Gasteiger partial charge in [-0.05, 0) is 51.8 Å². The molecule has 1 aromatic carbocycles. The summed E-state index contributed by atoms with van der Waals surface area (Å²) in [5.41, 5.74) is -0.337. The number of halogens is 1. The summed E-state index contributed by atoms with van der Waals surface area (Å²) in [6.45, 7) is 5.86. The van der Waals surface area contributed by atoms with E-state index in [1.54, 1.807) is 12.1 Å². The molecule has 0 heterocycles. The number of carbonyl (C=O) groups excluding carboxylic acids is 2. The van der Waals surface area contributed by atoms with Crippen molar-refractivity contribution >= 4 is 27.9 Å². The average Bonchev–Trinajstić information content (AvgIpc) is 2.92. The van der Waals surface area contributed by atoms with E-state index in [2.05, 4.69) is 26.6 Å². The Bertz CT molecular complexity index is 605. The number of rotatable bonds is 4. The van der Waals surface area contributed by atoms with Crippen molar-refractivity contribution in [1.29, 1.82) is 0 Å². The lowest BCUT2D eigenvalue weighted by atomic mass is 9.96. The number of amides is 2. The van der Waals surface area contributed by atoms with Crippen LogP contribution in [0.5, 0.6) is 0 Å². The fraction of sp³-hybridized carbons (Fsp3) is 0.556. The molecule has 0 bridgehead atoms. The van der Waals surface area contributed by atoms with Crippen LogP contribution in [0.25, 0.3) is 0 Å². The Balaban J connectivity index is 2.00. The van der Waals surface area contributed by atoms with Gasteiger partial charge in [-0.1, -0.05) is 34.8 Å². The molecule has 1 aliphatic rings. The zero-order valence-electron chi connectivity index (χ0n) is 14.4. The lowest BCUT2D eigenvalue weighted by Crippen LogP contribution is -2.54. The summed E-state index contributed by atoms with van der Waals surface area (Å²) in [6.07, 6.45) is 3.32. The fourth-order valence-corrected chi connectivity index (χ4v) is 3.30. The molecule has 2 N–H and O–H groups in total. The second kappa shape index (κ2) is 7.55. The number of alkyl carbamates (subject to hydrolysis) is 1. The zero-order valence-corrected chi connectivity index (χ0v) is 16.0. The highest BCUT2D eigenvalue weighted by Gasteiger charge is 2.36. The molecule has 1 saturated carbocycles. The van der Waals surface area contributed by atoms with E-state index >= 15 is 0 Å². The Labute approximate surface area is 151 Å². The lowest BCUT2D eigenvalue weighted by molar-refractivity contribution is 0.0505. The van der Waals surface area contributed by atoms with Crippen molar-refractivity contribution in [3.05, 3.63) is 34.3 Å². The van der Waals surface area contributed by atoms with Gasteiger partial charge in [0.2, 0.25) is 0 Å². The van der Waals surface area contributed by atoms with E-state index < -0.39 is 17.2 Å². The number of nitrogens with one attached hydrogen (secondary N) is 2. The molecule has 2 rings (SSSR count). The van der Waals surface area contributed by atoms with Crippen molar-refractivity contribution < 1.29 is 14.3 Å². The Kier molecular flexibility index (Phi) is 5.91. The van der Waals surface area contributed by atoms with Crippen molar-refractivity contribution in [3.8, 4) is 0 Å². The van der Waals surface area contributed by atoms with Gasteiger partial charge in [-0.15, -0.1) is 0 Å². The molecular formula is C18H25BrN2O3. The SMILES string of the molecule is CC(C)(C)OC(=O)NCC1(NC(=O)c2cccc(Br)c2)CCCC1. The summed E-state index contributed by atoms with van der Waals surface area (Å²) in [7, 11) is 0. The van der Waals surface area contributed by atoms with Crippen LogP contribution in [0.3, 0.4) is 0 Å². The highest BCUT2D eigenvalue weighted by molar-refractivity contribution is 9.10. The normalized spacial score (nSPS) is 16.5. The monoisotopic (exact) mass is 396 g/mol. The van der Waals surface area contributed by atoms with Gasteiger partial charge in [0.1, 0.15) is 5.60 Å². The van der Waals surface area contributed by atoms with E-state index in [1.165, 1.54) is 0 Å². The van der Waals surface area contributed by atoms with E-state index in [0.29, 0.717) is 12.1 Å². The second-order valence-electron chi connectivity index (χ2n) is 7.31. The van der Waals surface area contributed by atoms with Crippen LogP contribution in [0.4, 0.5) is 4.79 Å². The van der Waals surface area contributed by atoms with Gasteiger partial charge in [0.25, 0.3) is 5.91 Å². The van der Waals surface area contributed by atoms with E-state index in [1.807, 2.05) is 32.9 Å². The topological polar surface area (TPSA) is 67.4 Å². The predicted molar refractivity (Wildman–Crippen MR) is 97.0 cm³/mol. The van der Waals surface area contributed by atoms with Crippen molar-refractivity contribution in [2.24, 2.45) is 0 Å². The molecule has 0 saturated heterocycles. The maximum Gasteiger partial charge on any atom is 0.407 e. The maximum absolute atomic E-state index is 12.6. The Morgan fingerprint density at radius 1 is 1.25 bits per heavy atom. The Hall–Kier alpha value is -1.56. The number of ether oxygens (including phenoxy) is 1. The first-order valence-electron chi connectivity index (χ1n) is 8.24. The summed E-state index contributed by atoms with van der Waals surface area (Å²) in [5.74, 6) is -0.121. The molecule has 24 heavy (non-hydrogen) atoms. The smallest absolute Gasteiger partial charge is 0.407 e. The third-order valence-electron chi connectivity index (χ3n) is 4.00. The fourth-order valence-electron chi connectivity index (χ4n) is 2.90. The minimum absolute atomic E-state index is 0.121. The maximum atomic E-state index is 12.6. The summed E-state index contributed by atoms with van der Waals surface area (Å²) < 4.78 is 6.14. The summed E-state index contributed by atoms with van der Waals surface area (Å²) in [5, 5.41) is 5.93. The first kappa shape index (κ1) is 18.8. The molecule has 0 atom stereocenters. The molecule has 2 amide bonds. The molecular weight excluding hydrogens is 372 g/mol. The molecule has 0 radical (unpaired) electrons. The summed E-state index contributed by atoms with van der Waals surface area (Å²) in [6, 6.07) is 7.29. The van der Waals surface area contributed by atoms with Gasteiger partial charge >= 0.3 is 6.09 Å². The van der Waals surface area contributed by atoms with Crippen molar-refractivity contribution in [2.45, 2.75) is 57.6 Å². The molecule has 0 unspecified atom stereocenters. The molecule has 1 fully saturated rings. The molecule has 0 aromatic heterocycles. The van der Waals surface area contributed by atoms with Crippen LogP contribution < -0.4 is 10.6 Å². The second-order valence-corrected chi connectivity index (χ2v) is 8.22. The summed E-state index contributed by atoms with van der Waals surface area (Å²) in [4.78, 5) is 24.5. The third kappa shape index (κ3) is 5.51. The number of hydrogen-bond acceptors (Lipinski definition) is 3. The molecule has 1 aliphatic carbocycles. The predicted octanol–water partition coefficient (Wildman–Crippen LogP) is 4.02. The van der Waals surface area contributed by atoms with Gasteiger partial charge < -0.3 is 15.4 Å². The van der Waals surface area contributed by atoms with E-state index in [9.17, 15) is 9.59 Å². The van der Waals surface area contributed by atoms with Crippen molar-refractivity contribution in [1.82, 2.24) is 10.6 Å². The van der Waals surface area contributed by atoms with E-state index in [-0.39, 0.29) is 5.91 Å². The molecule has 5 nitrogen and oxygen atoms in total. The van der Waals surface area contributed by atoms with Crippen LogP contribution in [-0.2, 0) is 4.74 Å². The number of carbonyl (C=O) groups is 2.